The molecule has 1 fully saturated rings. The number of aromatic nitrogens is 2. The molecule has 0 unspecified atom stereocenters. The predicted octanol–water partition coefficient (Wildman–Crippen LogP) is 4.01. The molecule has 0 bridgehead atoms. The molecule has 1 aromatic heterocycles. The molecular formula is C28H35N5O2. The summed E-state index contributed by atoms with van der Waals surface area (Å²) in [4.78, 5) is 35.2. The van der Waals surface area contributed by atoms with E-state index in [1.165, 1.54) is 11.1 Å². The van der Waals surface area contributed by atoms with Crippen LogP contribution >= 0.6 is 0 Å². The van der Waals surface area contributed by atoms with Gasteiger partial charge in [-0.3, -0.25) is 19.3 Å². The van der Waals surface area contributed by atoms with Crippen LogP contribution in [0.2, 0.25) is 0 Å². The van der Waals surface area contributed by atoms with E-state index in [2.05, 4.69) is 39.5 Å². The first kappa shape index (κ1) is 23.5. The first-order valence-corrected chi connectivity index (χ1v) is 13.0. The molecule has 0 spiro atoms. The molecule has 2 N–H and O–H groups in total. The average Bonchev–Trinajstić information content (AvgIpc) is 3.45. The Hall–Kier alpha value is -3.19. The molecule has 7 heteroatoms. The lowest BCUT2D eigenvalue weighted by atomic mass is 9.79. The van der Waals surface area contributed by atoms with E-state index in [1.807, 2.05) is 42.7 Å². The molecule has 3 heterocycles. The molecule has 184 valence electrons. The summed E-state index contributed by atoms with van der Waals surface area (Å²) in [5, 5.41) is 3.09. The highest BCUT2D eigenvalue weighted by atomic mass is 16.2. The summed E-state index contributed by atoms with van der Waals surface area (Å²) < 4.78 is 1.89. The number of hydrogen-bond acceptors (Lipinski definition) is 4. The molecular weight excluding hydrogens is 438 g/mol. The Morgan fingerprint density at radius 1 is 1.06 bits per heavy atom. The number of nitrogens with one attached hydrogen (secondary N) is 2. The number of nitrogens with zero attached hydrogens (tertiary/aromatic N) is 3. The van der Waals surface area contributed by atoms with Crippen molar-refractivity contribution in [1.29, 1.82) is 0 Å². The second-order valence-electron chi connectivity index (χ2n) is 9.56. The zero-order valence-corrected chi connectivity index (χ0v) is 20.7. The van der Waals surface area contributed by atoms with E-state index >= 15 is 0 Å². The Morgan fingerprint density at radius 2 is 1.80 bits per heavy atom. The molecule has 1 amide bonds. The molecule has 35 heavy (non-hydrogen) atoms. The van der Waals surface area contributed by atoms with Gasteiger partial charge in [-0.1, -0.05) is 50.2 Å². The normalized spacial score (nSPS) is 22.1. The number of amides is 1. The third kappa shape index (κ3) is 4.69. The number of carbonyl (C=O) groups is 1. The molecule has 0 radical (unpaired) electrons. The van der Waals surface area contributed by atoms with Gasteiger partial charge in [0.1, 0.15) is 5.84 Å². The largest absolute Gasteiger partial charge is 0.326 e. The smallest absolute Gasteiger partial charge is 0.313 e. The first-order valence-electron chi connectivity index (χ1n) is 13.0. The summed E-state index contributed by atoms with van der Waals surface area (Å²) in [6, 6.07) is 16.9. The molecule has 0 saturated carbocycles. The van der Waals surface area contributed by atoms with Crippen molar-refractivity contribution in [3.8, 4) is 0 Å². The maximum Gasteiger partial charge on any atom is 0.326 e. The molecule has 2 atom stereocenters. The van der Waals surface area contributed by atoms with Gasteiger partial charge >= 0.3 is 5.69 Å². The van der Waals surface area contributed by atoms with Gasteiger partial charge in [0.2, 0.25) is 5.91 Å². The maximum atomic E-state index is 12.8. The fourth-order valence-corrected chi connectivity index (χ4v) is 5.96. The van der Waals surface area contributed by atoms with Crippen LogP contribution in [0.1, 0.15) is 62.6 Å². The monoisotopic (exact) mass is 473 g/mol. The minimum atomic E-state index is -0.0466. The van der Waals surface area contributed by atoms with Crippen LogP contribution in [0.3, 0.4) is 0 Å². The average molecular weight is 474 g/mol. The number of carbonyl (C=O) groups excluding carboxylic acids is 1. The molecule has 2 aliphatic heterocycles. The fourth-order valence-electron chi connectivity index (χ4n) is 5.96. The van der Waals surface area contributed by atoms with Crippen molar-refractivity contribution >= 4 is 22.8 Å². The van der Waals surface area contributed by atoms with Gasteiger partial charge in [-0.2, -0.15) is 0 Å². The highest BCUT2D eigenvalue weighted by Gasteiger charge is 2.35. The van der Waals surface area contributed by atoms with Gasteiger partial charge in [0, 0.05) is 31.5 Å². The summed E-state index contributed by atoms with van der Waals surface area (Å²) in [6.45, 7) is 5.98. The molecule has 6 rings (SSSR count). The standard InChI is InChI=1S/C26H29N5O2.C2H6/c32-25(29-24-15-20-19-6-2-1-5-17(19)9-10-21(20)27-24)16-30-13-11-18(12-14-30)31-23-8-4-3-7-22(23)28-26(31)33;1-2/h1-8,18,20-21H,9-16H2,(H,28,33)(H,27,29,32);1-2H3/t20-,21+;/m0./s1. The van der Waals surface area contributed by atoms with Gasteiger partial charge in [-0.05, 0) is 48.9 Å². The van der Waals surface area contributed by atoms with Gasteiger partial charge < -0.3 is 10.3 Å². The van der Waals surface area contributed by atoms with Gasteiger partial charge in [0.15, 0.2) is 0 Å². The predicted molar refractivity (Wildman–Crippen MR) is 140 cm³/mol. The van der Waals surface area contributed by atoms with Crippen molar-refractivity contribution in [1.82, 2.24) is 19.8 Å². The fraction of sp³-hybridized carbons (Fsp3) is 0.464. The molecule has 3 aromatic rings. The van der Waals surface area contributed by atoms with Crippen LogP contribution in [0.25, 0.3) is 11.0 Å². The van der Waals surface area contributed by atoms with Crippen molar-refractivity contribution < 1.29 is 4.79 Å². The lowest BCUT2D eigenvalue weighted by molar-refractivity contribution is -0.121. The number of piperidine rings is 1. The number of para-hydroxylation sites is 2. The van der Waals surface area contributed by atoms with E-state index in [0.717, 1.165) is 62.1 Å². The summed E-state index contributed by atoms with van der Waals surface area (Å²) >= 11 is 0. The first-order chi connectivity index (χ1) is 17.2. The van der Waals surface area contributed by atoms with E-state index < -0.39 is 0 Å². The summed E-state index contributed by atoms with van der Waals surface area (Å²) in [6.07, 6.45) is 4.66. The highest BCUT2D eigenvalue weighted by molar-refractivity contribution is 6.00. The van der Waals surface area contributed by atoms with E-state index in [0.29, 0.717) is 18.5 Å². The van der Waals surface area contributed by atoms with E-state index in [4.69, 9.17) is 4.99 Å². The molecule has 3 aliphatic rings. The van der Waals surface area contributed by atoms with Gasteiger partial charge in [0.05, 0.1) is 23.6 Å². The van der Waals surface area contributed by atoms with Crippen LogP contribution in [0.15, 0.2) is 58.3 Å². The number of H-pyrrole nitrogens is 1. The van der Waals surface area contributed by atoms with Crippen LogP contribution in [0.4, 0.5) is 0 Å². The third-order valence-corrected chi connectivity index (χ3v) is 7.56. The minimum absolute atomic E-state index is 0.0170. The Bertz CT molecular complexity index is 1280. The van der Waals surface area contributed by atoms with Crippen LogP contribution in [-0.2, 0) is 11.2 Å². The van der Waals surface area contributed by atoms with Crippen LogP contribution in [-0.4, -0.2) is 51.9 Å². The van der Waals surface area contributed by atoms with Crippen molar-refractivity contribution in [3.63, 3.8) is 0 Å². The third-order valence-electron chi connectivity index (χ3n) is 7.56. The zero-order valence-electron chi connectivity index (χ0n) is 20.7. The number of hydrogen-bond donors (Lipinski definition) is 2. The van der Waals surface area contributed by atoms with Crippen molar-refractivity contribution in [2.75, 3.05) is 19.6 Å². The van der Waals surface area contributed by atoms with Gasteiger partial charge in [-0.25, -0.2) is 4.79 Å². The number of aryl methyl sites for hydroxylation is 1. The van der Waals surface area contributed by atoms with Crippen LogP contribution in [0.5, 0.6) is 0 Å². The number of aliphatic imine (C=N–C) groups is 1. The van der Waals surface area contributed by atoms with Crippen molar-refractivity contribution in [3.05, 3.63) is 70.1 Å². The van der Waals surface area contributed by atoms with Gasteiger partial charge in [-0.15, -0.1) is 0 Å². The number of rotatable bonds is 3. The van der Waals surface area contributed by atoms with E-state index in [1.54, 1.807) is 0 Å². The quantitative estimate of drug-likeness (QED) is 0.603. The molecule has 1 aliphatic carbocycles. The Labute approximate surface area is 206 Å². The summed E-state index contributed by atoms with van der Waals surface area (Å²) in [7, 11) is 0. The number of likely N-dealkylation sites (tertiary alicyclic amines) is 1. The second kappa shape index (κ2) is 10.2. The maximum absolute atomic E-state index is 12.8. The zero-order chi connectivity index (χ0) is 24.4. The highest BCUT2D eigenvalue weighted by Crippen LogP contribution is 2.39. The van der Waals surface area contributed by atoms with Crippen LogP contribution < -0.4 is 11.0 Å². The molecule has 7 nitrogen and oxygen atoms in total. The SMILES string of the molecule is CC.O=C(CN1CCC(n2c(=O)[nH]c3ccccc32)CC1)NC1=N[C@@H]2CCc3ccccc3[C@@H]2C1. The number of fused-ring (bicyclic) bond motifs is 4. The summed E-state index contributed by atoms with van der Waals surface area (Å²) in [5.41, 5.74) is 4.62. The van der Waals surface area contributed by atoms with E-state index in [9.17, 15) is 9.59 Å². The van der Waals surface area contributed by atoms with Crippen LogP contribution in [0, 0.1) is 0 Å². The number of amidine groups is 1. The Kier molecular flexibility index (Phi) is 6.86. The van der Waals surface area contributed by atoms with Crippen molar-refractivity contribution in [2.45, 2.75) is 64.0 Å². The Morgan fingerprint density at radius 3 is 2.63 bits per heavy atom. The lowest BCUT2D eigenvalue weighted by Gasteiger charge is -2.32. The number of imidazole rings is 1. The summed E-state index contributed by atoms with van der Waals surface area (Å²) in [5.74, 6) is 1.26. The second-order valence-corrected chi connectivity index (χ2v) is 9.56. The Balaban J connectivity index is 0.00000124. The molecule has 1 saturated heterocycles. The van der Waals surface area contributed by atoms with Gasteiger partial charge in [0.25, 0.3) is 0 Å². The minimum Gasteiger partial charge on any atom is -0.313 e. The van der Waals surface area contributed by atoms with Crippen molar-refractivity contribution in [2.24, 2.45) is 4.99 Å². The number of aromatic amines is 1. The lowest BCUT2D eigenvalue weighted by Crippen LogP contribution is -2.44. The topological polar surface area (TPSA) is 82.5 Å². The van der Waals surface area contributed by atoms with E-state index in [-0.39, 0.29) is 17.6 Å². The number of benzene rings is 2. The molecule has 2 aromatic carbocycles.